The van der Waals surface area contributed by atoms with Gasteiger partial charge in [0.05, 0.1) is 0 Å². The quantitative estimate of drug-likeness (QED) is 0.403. The predicted molar refractivity (Wildman–Crippen MR) is 84.9 cm³/mol. The van der Waals surface area contributed by atoms with Gasteiger partial charge in [0.15, 0.2) is 0 Å². The van der Waals surface area contributed by atoms with Crippen LogP contribution in [0, 0.1) is 6.92 Å². The third kappa shape index (κ3) is 2.14. The second kappa shape index (κ2) is 4.89. The number of nitrogens with zero attached hydrogens (tertiary/aromatic N) is 2. The van der Waals surface area contributed by atoms with Gasteiger partial charge in [0.1, 0.15) is 0 Å². The van der Waals surface area contributed by atoms with Crippen molar-refractivity contribution < 1.29 is 4.42 Å². The van der Waals surface area contributed by atoms with Crippen LogP contribution in [0.5, 0.6) is 0 Å². The van der Waals surface area contributed by atoms with Crippen LogP contribution in [-0.2, 0) is 0 Å². The second-order valence-electron chi connectivity index (χ2n) is 4.97. The molecule has 0 saturated carbocycles. The van der Waals surface area contributed by atoms with Gasteiger partial charge >= 0.3 is 137 Å². The summed E-state index contributed by atoms with van der Waals surface area (Å²) in [6.07, 6.45) is 0. The molecular formula is C17H11BiN2O. The van der Waals surface area contributed by atoms with Gasteiger partial charge in [-0.1, -0.05) is 0 Å². The Kier molecular flexibility index (Phi) is 3.00. The van der Waals surface area contributed by atoms with E-state index in [1.54, 1.807) is 0 Å². The van der Waals surface area contributed by atoms with E-state index in [4.69, 9.17) is 4.42 Å². The van der Waals surface area contributed by atoms with Crippen molar-refractivity contribution >= 4 is 50.1 Å². The fourth-order valence-electron chi connectivity index (χ4n) is 2.60. The van der Waals surface area contributed by atoms with E-state index in [1.807, 2.05) is 43.3 Å². The van der Waals surface area contributed by atoms with Crippen LogP contribution in [0.3, 0.4) is 0 Å². The number of rotatable bonds is 1. The minimum absolute atomic E-state index is 0.747. The summed E-state index contributed by atoms with van der Waals surface area (Å²) in [6, 6.07) is 16.3. The number of hydrogen-bond donors (Lipinski definition) is 0. The average Bonchev–Trinajstić information content (AvgIpc) is 2.84. The van der Waals surface area contributed by atoms with Gasteiger partial charge in [-0.2, -0.15) is 0 Å². The van der Waals surface area contributed by atoms with Crippen molar-refractivity contribution in [2.45, 2.75) is 6.92 Å². The van der Waals surface area contributed by atoms with Crippen molar-refractivity contribution in [3.05, 3.63) is 54.2 Å². The molecular weight excluding hydrogens is 457 g/mol. The Balaban J connectivity index is 2.09. The van der Waals surface area contributed by atoms with E-state index in [1.165, 1.54) is 0 Å². The Hall–Kier alpha value is -1.80. The molecule has 0 amide bonds. The maximum atomic E-state index is 6.05. The van der Waals surface area contributed by atoms with Crippen LogP contribution < -0.4 is 3.40 Å². The van der Waals surface area contributed by atoms with Crippen LogP contribution in [0.15, 0.2) is 52.9 Å². The molecule has 4 aromatic rings. The number of aromatic nitrogens is 2. The molecule has 4 heteroatoms. The Morgan fingerprint density at radius 3 is 2.62 bits per heavy atom. The number of hydrogen-bond acceptors (Lipinski definition) is 3. The van der Waals surface area contributed by atoms with Crippen LogP contribution >= 0.6 is 0 Å². The van der Waals surface area contributed by atoms with Gasteiger partial charge in [0.25, 0.3) is 0 Å². The summed E-state index contributed by atoms with van der Waals surface area (Å²) < 4.78 is 7.12. The number of para-hydroxylation sites is 2. The molecule has 2 aromatic carbocycles. The average molecular weight is 468 g/mol. The number of furan rings is 1. The predicted octanol–water partition coefficient (Wildman–Crippen LogP) is 3.15. The monoisotopic (exact) mass is 468 g/mol. The first kappa shape index (κ1) is 12.9. The van der Waals surface area contributed by atoms with Crippen LogP contribution in [0.2, 0.25) is 0 Å². The van der Waals surface area contributed by atoms with E-state index in [9.17, 15) is 0 Å². The maximum absolute atomic E-state index is 6.05. The van der Waals surface area contributed by atoms with Gasteiger partial charge < -0.3 is 0 Å². The normalized spacial score (nSPS) is 11.3. The molecule has 2 heterocycles. The van der Waals surface area contributed by atoms with Gasteiger partial charge in [-0.25, -0.2) is 0 Å². The van der Waals surface area contributed by atoms with E-state index in [-0.39, 0.29) is 0 Å². The third-order valence-electron chi connectivity index (χ3n) is 3.49. The minimum atomic E-state index is 0.747. The van der Waals surface area contributed by atoms with Crippen molar-refractivity contribution in [1.29, 1.82) is 0 Å². The fourth-order valence-corrected chi connectivity index (χ4v) is 3.69. The molecule has 21 heavy (non-hydrogen) atoms. The Labute approximate surface area is 136 Å². The Morgan fingerprint density at radius 1 is 0.952 bits per heavy atom. The zero-order valence-corrected chi connectivity index (χ0v) is 14.8. The van der Waals surface area contributed by atoms with Gasteiger partial charge in [-0.3, -0.25) is 0 Å². The number of aryl methyl sites for hydroxylation is 1. The van der Waals surface area contributed by atoms with Gasteiger partial charge in [0.2, 0.25) is 0 Å². The summed E-state index contributed by atoms with van der Waals surface area (Å²) in [7, 11) is 0. The molecule has 0 aliphatic rings. The zero-order valence-electron chi connectivity index (χ0n) is 11.4. The van der Waals surface area contributed by atoms with E-state index < -0.39 is 0 Å². The van der Waals surface area contributed by atoms with E-state index >= 15 is 0 Å². The van der Waals surface area contributed by atoms with Crippen LogP contribution in [0.4, 0.5) is 0 Å². The van der Waals surface area contributed by atoms with E-state index in [0.29, 0.717) is 0 Å². The fraction of sp³-hybridized carbons (Fsp3) is 0.0588. The topological polar surface area (TPSA) is 38.9 Å². The molecule has 0 unspecified atom stereocenters. The molecule has 0 spiro atoms. The summed E-state index contributed by atoms with van der Waals surface area (Å²) >= 11 is 1.13. The van der Waals surface area contributed by atoms with Crippen molar-refractivity contribution in [2.75, 3.05) is 0 Å². The summed E-state index contributed by atoms with van der Waals surface area (Å²) in [6.45, 7) is 2.00. The second-order valence-corrected chi connectivity index (χ2v) is 6.75. The van der Waals surface area contributed by atoms with Crippen molar-refractivity contribution in [3.63, 3.8) is 0 Å². The van der Waals surface area contributed by atoms with Crippen LogP contribution in [0.1, 0.15) is 5.69 Å². The molecule has 2 radical (unpaired) electrons. The molecule has 0 bridgehead atoms. The van der Waals surface area contributed by atoms with E-state index in [2.05, 4.69) is 22.1 Å². The summed E-state index contributed by atoms with van der Waals surface area (Å²) in [5.74, 6) is 0.747. The molecule has 2 aromatic heterocycles. The molecule has 3 nitrogen and oxygen atoms in total. The van der Waals surface area contributed by atoms with Gasteiger partial charge in [-0.15, -0.1) is 0 Å². The first-order chi connectivity index (χ1) is 10.2. The molecule has 0 aliphatic heterocycles. The summed E-state index contributed by atoms with van der Waals surface area (Å²) in [4.78, 5) is 9.17. The van der Waals surface area contributed by atoms with Crippen LogP contribution in [-0.4, -0.2) is 34.7 Å². The standard InChI is InChI=1S/C17H11N2O.Bi/c1-11-9-10-18-17(19-11)14-7-4-6-13-12-5-2-3-8-15(12)20-16(13)14;/h2-9H,1H3;. The SMILES string of the molecule is Cc1c[c]([Bi])nc(-c2cccc3c2oc2ccccc23)n1. The molecule has 0 aliphatic carbocycles. The molecule has 0 N–H and O–H groups in total. The van der Waals surface area contributed by atoms with E-state index in [0.717, 1.165) is 67.1 Å². The summed E-state index contributed by atoms with van der Waals surface area (Å²) in [5, 5.41) is 2.24. The van der Waals surface area contributed by atoms with Gasteiger partial charge in [-0.05, 0) is 0 Å². The Morgan fingerprint density at radius 2 is 1.76 bits per heavy atom. The van der Waals surface area contributed by atoms with Crippen molar-refractivity contribution in [3.8, 4) is 11.4 Å². The van der Waals surface area contributed by atoms with Crippen molar-refractivity contribution in [2.24, 2.45) is 0 Å². The molecule has 0 atom stereocenters. The van der Waals surface area contributed by atoms with Crippen molar-refractivity contribution in [1.82, 2.24) is 9.97 Å². The van der Waals surface area contributed by atoms with Gasteiger partial charge in [0, 0.05) is 0 Å². The van der Waals surface area contributed by atoms with Crippen LogP contribution in [0.25, 0.3) is 33.3 Å². The molecule has 4 rings (SSSR count). The number of fused-ring (bicyclic) bond motifs is 3. The zero-order chi connectivity index (χ0) is 14.4. The first-order valence-corrected chi connectivity index (χ1v) is 8.41. The first-order valence-electron chi connectivity index (χ1n) is 6.67. The molecule has 0 saturated heterocycles. The number of benzene rings is 2. The summed E-state index contributed by atoms with van der Waals surface area (Å²) in [5.41, 5.74) is 3.71. The Bertz CT molecular complexity index is 955. The molecule has 100 valence electrons. The third-order valence-corrected chi connectivity index (χ3v) is 4.38. The molecule has 0 fully saturated rings.